The van der Waals surface area contributed by atoms with Crippen LogP contribution in [0.1, 0.15) is 28.8 Å². The van der Waals surface area contributed by atoms with Crippen LogP contribution in [0.5, 0.6) is 5.75 Å². The molecule has 1 aromatic rings. The van der Waals surface area contributed by atoms with E-state index < -0.39 is 0 Å². The molecule has 0 aliphatic carbocycles. The monoisotopic (exact) mass is 249 g/mol. The molecule has 4 nitrogen and oxygen atoms in total. The van der Waals surface area contributed by atoms with Crippen molar-refractivity contribution in [1.82, 2.24) is 4.90 Å². The number of aliphatic hydroxyl groups is 1. The number of aliphatic hydroxyl groups excluding tert-OH is 1. The number of rotatable bonds is 3. The highest BCUT2D eigenvalue weighted by atomic mass is 16.5. The molecule has 1 N–H and O–H groups in total. The van der Waals surface area contributed by atoms with E-state index in [1.165, 1.54) is 0 Å². The van der Waals surface area contributed by atoms with E-state index in [1.807, 2.05) is 19.1 Å². The van der Waals surface area contributed by atoms with Crippen LogP contribution in [0.2, 0.25) is 0 Å². The van der Waals surface area contributed by atoms with E-state index >= 15 is 0 Å². The molecule has 2 rings (SSSR count). The van der Waals surface area contributed by atoms with E-state index in [1.54, 1.807) is 18.1 Å². The van der Waals surface area contributed by atoms with Crippen molar-refractivity contribution in [2.75, 3.05) is 20.3 Å². The van der Waals surface area contributed by atoms with Crippen molar-refractivity contribution in [1.29, 1.82) is 0 Å². The lowest BCUT2D eigenvalue weighted by Gasteiger charge is -2.23. The van der Waals surface area contributed by atoms with Gasteiger partial charge in [-0.05, 0) is 37.5 Å². The van der Waals surface area contributed by atoms with Gasteiger partial charge < -0.3 is 14.7 Å². The van der Waals surface area contributed by atoms with Crippen LogP contribution < -0.4 is 4.74 Å². The average molecular weight is 249 g/mol. The highest BCUT2D eigenvalue weighted by Gasteiger charge is 2.28. The van der Waals surface area contributed by atoms with Gasteiger partial charge in [-0.25, -0.2) is 0 Å². The Morgan fingerprint density at radius 2 is 2.33 bits per heavy atom. The van der Waals surface area contributed by atoms with Crippen LogP contribution in [0.3, 0.4) is 0 Å². The molecule has 1 heterocycles. The van der Waals surface area contributed by atoms with Gasteiger partial charge in [0.25, 0.3) is 5.91 Å². The van der Waals surface area contributed by atoms with Crippen LogP contribution >= 0.6 is 0 Å². The van der Waals surface area contributed by atoms with E-state index in [9.17, 15) is 9.90 Å². The summed E-state index contributed by atoms with van der Waals surface area (Å²) in [5, 5.41) is 9.26. The number of nitrogens with zero attached hydrogens (tertiary/aromatic N) is 1. The molecule has 1 unspecified atom stereocenters. The van der Waals surface area contributed by atoms with Crippen LogP contribution in [0.25, 0.3) is 0 Å². The number of amides is 1. The molecule has 1 fully saturated rings. The Morgan fingerprint density at radius 1 is 1.56 bits per heavy atom. The van der Waals surface area contributed by atoms with Crippen molar-refractivity contribution >= 4 is 5.91 Å². The largest absolute Gasteiger partial charge is 0.496 e. The molecule has 0 spiro atoms. The van der Waals surface area contributed by atoms with Crippen molar-refractivity contribution in [2.24, 2.45) is 0 Å². The predicted octanol–water partition coefficient (Wildman–Crippen LogP) is 1.60. The third-order valence-corrected chi connectivity index (χ3v) is 3.50. The van der Waals surface area contributed by atoms with Crippen LogP contribution in [0.15, 0.2) is 18.2 Å². The zero-order valence-corrected chi connectivity index (χ0v) is 10.8. The van der Waals surface area contributed by atoms with Crippen molar-refractivity contribution in [3.05, 3.63) is 29.3 Å². The summed E-state index contributed by atoms with van der Waals surface area (Å²) in [6.45, 7) is 2.70. The van der Waals surface area contributed by atoms with Gasteiger partial charge in [-0.1, -0.05) is 6.07 Å². The molecular weight excluding hydrogens is 230 g/mol. The summed E-state index contributed by atoms with van der Waals surface area (Å²) >= 11 is 0. The smallest absolute Gasteiger partial charge is 0.254 e. The van der Waals surface area contributed by atoms with Gasteiger partial charge in [0, 0.05) is 12.1 Å². The summed E-state index contributed by atoms with van der Waals surface area (Å²) in [5.74, 6) is 0.699. The molecule has 1 atom stereocenters. The zero-order valence-electron chi connectivity index (χ0n) is 10.8. The molecule has 1 aliphatic heterocycles. The number of hydrogen-bond donors (Lipinski definition) is 1. The number of carbonyl (C=O) groups is 1. The zero-order chi connectivity index (χ0) is 13.1. The molecule has 0 saturated carbocycles. The minimum Gasteiger partial charge on any atom is -0.496 e. The Hall–Kier alpha value is -1.55. The minimum absolute atomic E-state index is 0.0233. The number of benzene rings is 1. The van der Waals surface area contributed by atoms with Crippen molar-refractivity contribution < 1.29 is 14.6 Å². The van der Waals surface area contributed by atoms with E-state index in [0.29, 0.717) is 5.56 Å². The summed E-state index contributed by atoms with van der Waals surface area (Å²) in [6, 6.07) is 5.43. The fourth-order valence-corrected chi connectivity index (χ4v) is 2.41. The number of hydrogen-bond acceptors (Lipinski definition) is 3. The maximum Gasteiger partial charge on any atom is 0.254 e. The highest BCUT2D eigenvalue weighted by molar-refractivity contribution is 5.95. The first-order chi connectivity index (χ1) is 8.67. The van der Waals surface area contributed by atoms with Gasteiger partial charge >= 0.3 is 0 Å². The Morgan fingerprint density at radius 3 is 3.00 bits per heavy atom. The summed E-state index contributed by atoms with van der Waals surface area (Å²) in [7, 11) is 1.60. The molecule has 0 aromatic heterocycles. The van der Waals surface area contributed by atoms with Gasteiger partial charge in [-0.3, -0.25) is 4.79 Å². The Kier molecular flexibility index (Phi) is 3.87. The highest BCUT2D eigenvalue weighted by Crippen LogP contribution is 2.23. The van der Waals surface area contributed by atoms with Gasteiger partial charge in [-0.2, -0.15) is 0 Å². The molecule has 98 valence electrons. The SMILES string of the molecule is COc1cc(C(=O)N2CCCC2CO)ccc1C. The normalized spacial score (nSPS) is 19.1. The van der Waals surface area contributed by atoms with Gasteiger partial charge in [0.2, 0.25) is 0 Å². The summed E-state index contributed by atoms with van der Waals surface area (Å²) in [6.07, 6.45) is 1.84. The quantitative estimate of drug-likeness (QED) is 0.885. The molecular formula is C14H19NO3. The van der Waals surface area contributed by atoms with Crippen molar-refractivity contribution in [2.45, 2.75) is 25.8 Å². The van der Waals surface area contributed by atoms with Crippen LogP contribution in [-0.4, -0.2) is 42.2 Å². The van der Waals surface area contributed by atoms with Crippen molar-refractivity contribution in [3.63, 3.8) is 0 Å². The standard InChI is InChI=1S/C14H19NO3/c1-10-5-6-11(8-13(10)18-2)14(17)15-7-3-4-12(15)9-16/h5-6,8,12,16H,3-4,7,9H2,1-2H3. The number of likely N-dealkylation sites (tertiary alicyclic amines) is 1. The van der Waals surface area contributed by atoms with Crippen molar-refractivity contribution in [3.8, 4) is 5.75 Å². The topological polar surface area (TPSA) is 49.8 Å². The van der Waals surface area contributed by atoms with Crippen LogP contribution in [-0.2, 0) is 0 Å². The second-order valence-electron chi connectivity index (χ2n) is 4.66. The molecule has 0 radical (unpaired) electrons. The molecule has 18 heavy (non-hydrogen) atoms. The van der Waals surface area contributed by atoms with Gasteiger partial charge in [0.15, 0.2) is 0 Å². The third-order valence-electron chi connectivity index (χ3n) is 3.50. The van der Waals surface area contributed by atoms with Crippen LogP contribution in [0, 0.1) is 6.92 Å². The van der Waals surface area contributed by atoms with E-state index in [2.05, 4.69) is 0 Å². The second-order valence-corrected chi connectivity index (χ2v) is 4.66. The third kappa shape index (κ3) is 2.34. The lowest BCUT2D eigenvalue weighted by atomic mass is 10.1. The predicted molar refractivity (Wildman–Crippen MR) is 68.9 cm³/mol. The first kappa shape index (κ1) is 12.9. The van der Waals surface area contributed by atoms with E-state index in [0.717, 1.165) is 30.7 Å². The molecule has 4 heteroatoms. The lowest BCUT2D eigenvalue weighted by Crippen LogP contribution is -2.37. The summed E-state index contributed by atoms with van der Waals surface area (Å²) in [5.41, 5.74) is 1.63. The number of aryl methyl sites for hydroxylation is 1. The van der Waals surface area contributed by atoms with E-state index in [-0.39, 0.29) is 18.6 Å². The Bertz CT molecular complexity index is 445. The maximum absolute atomic E-state index is 12.4. The number of methoxy groups -OCH3 is 1. The Balaban J connectivity index is 2.23. The Labute approximate surface area is 107 Å². The number of carbonyl (C=O) groups excluding carboxylic acids is 1. The minimum atomic E-state index is -0.0372. The second kappa shape index (κ2) is 5.40. The molecule has 1 saturated heterocycles. The summed E-state index contributed by atoms with van der Waals surface area (Å²) in [4.78, 5) is 14.1. The van der Waals surface area contributed by atoms with Gasteiger partial charge in [-0.15, -0.1) is 0 Å². The average Bonchev–Trinajstić information content (AvgIpc) is 2.86. The maximum atomic E-state index is 12.4. The fraction of sp³-hybridized carbons (Fsp3) is 0.500. The molecule has 1 amide bonds. The number of ether oxygens (including phenoxy) is 1. The first-order valence-electron chi connectivity index (χ1n) is 6.24. The summed E-state index contributed by atoms with van der Waals surface area (Å²) < 4.78 is 5.23. The molecule has 0 bridgehead atoms. The molecule has 1 aliphatic rings. The van der Waals surface area contributed by atoms with Gasteiger partial charge in [0.1, 0.15) is 5.75 Å². The van der Waals surface area contributed by atoms with Gasteiger partial charge in [0.05, 0.1) is 19.8 Å². The van der Waals surface area contributed by atoms with Crippen LogP contribution in [0.4, 0.5) is 0 Å². The molecule has 1 aromatic carbocycles. The van der Waals surface area contributed by atoms with E-state index in [4.69, 9.17) is 4.74 Å². The first-order valence-corrected chi connectivity index (χ1v) is 6.24. The fourth-order valence-electron chi connectivity index (χ4n) is 2.41. The lowest BCUT2D eigenvalue weighted by molar-refractivity contribution is 0.0677.